The number of carbonyl (C=O) groups excluding carboxylic acids is 1. The van der Waals surface area contributed by atoms with Crippen LogP contribution in [0.2, 0.25) is 5.02 Å². The molecular formula is C24H23ClN4O3. The number of rotatable bonds is 5. The van der Waals surface area contributed by atoms with E-state index in [0.29, 0.717) is 42.6 Å². The Morgan fingerprint density at radius 1 is 1.12 bits per heavy atom. The normalized spacial score (nSPS) is 14.8. The first-order chi connectivity index (χ1) is 15.6. The van der Waals surface area contributed by atoms with Gasteiger partial charge in [0.1, 0.15) is 0 Å². The van der Waals surface area contributed by atoms with E-state index in [0.717, 1.165) is 29.4 Å². The van der Waals surface area contributed by atoms with E-state index in [4.69, 9.17) is 16.0 Å². The van der Waals surface area contributed by atoms with Crippen molar-refractivity contribution in [2.75, 3.05) is 13.1 Å². The number of para-hydroxylation sites is 2. The second-order valence-corrected chi connectivity index (χ2v) is 8.43. The molecule has 0 aliphatic carbocycles. The number of hydrogen-bond donors (Lipinski definition) is 1. The number of fused-ring (bicyclic) bond motifs is 1. The van der Waals surface area contributed by atoms with Gasteiger partial charge in [0.25, 0.3) is 0 Å². The van der Waals surface area contributed by atoms with Gasteiger partial charge in [-0.15, -0.1) is 0 Å². The number of nitrogens with zero attached hydrogens (tertiary/aromatic N) is 3. The number of oxazole rings is 1. The molecule has 7 nitrogen and oxygen atoms in total. The van der Waals surface area contributed by atoms with E-state index in [2.05, 4.69) is 9.97 Å². The highest BCUT2D eigenvalue weighted by Gasteiger charge is 2.26. The summed E-state index contributed by atoms with van der Waals surface area (Å²) in [6.07, 6.45) is 3.92. The lowest BCUT2D eigenvalue weighted by atomic mass is 10.0. The first kappa shape index (κ1) is 20.6. The van der Waals surface area contributed by atoms with Gasteiger partial charge in [0.15, 0.2) is 11.7 Å². The van der Waals surface area contributed by atoms with Crippen LogP contribution in [-0.4, -0.2) is 38.4 Å². The minimum absolute atomic E-state index is 0.0761. The van der Waals surface area contributed by atoms with E-state index in [1.807, 2.05) is 51.9 Å². The van der Waals surface area contributed by atoms with Crippen LogP contribution in [0.1, 0.15) is 31.2 Å². The Labute approximate surface area is 189 Å². The zero-order valence-electron chi connectivity index (χ0n) is 17.5. The standard InChI is InChI=1S/C24H23ClN4O3/c25-18-6-2-1-5-17(18)21-15-26-22(32-21)9-10-23(30)28-13-11-16(12-14-28)29-20-8-4-3-7-19(20)27-24(29)31/h1-8,15-16H,9-14H2,(H,27,31). The molecule has 32 heavy (non-hydrogen) atoms. The molecule has 1 aliphatic rings. The molecule has 1 fully saturated rings. The van der Waals surface area contributed by atoms with Gasteiger partial charge in [-0.1, -0.05) is 35.9 Å². The zero-order valence-corrected chi connectivity index (χ0v) is 18.2. The first-order valence-electron chi connectivity index (χ1n) is 10.8. The van der Waals surface area contributed by atoms with E-state index in [9.17, 15) is 9.59 Å². The number of amides is 1. The minimum atomic E-state index is -0.0887. The molecule has 0 saturated carbocycles. The van der Waals surface area contributed by atoms with Gasteiger partial charge in [0.05, 0.1) is 22.3 Å². The van der Waals surface area contributed by atoms with E-state index < -0.39 is 0 Å². The third-order valence-corrected chi connectivity index (χ3v) is 6.38. The number of benzene rings is 2. The van der Waals surface area contributed by atoms with Crippen molar-refractivity contribution in [2.24, 2.45) is 0 Å². The van der Waals surface area contributed by atoms with Gasteiger partial charge >= 0.3 is 5.69 Å². The van der Waals surface area contributed by atoms with E-state index in [1.165, 1.54) is 0 Å². The van der Waals surface area contributed by atoms with Crippen LogP contribution in [0, 0.1) is 0 Å². The Hall–Kier alpha value is -3.32. The number of carbonyl (C=O) groups is 1. The maximum Gasteiger partial charge on any atom is 0.326 e. The highest BCUT2D eigenvalue weighted by molar-refractivity contribution is 6.33. The Morgan fingerprint density at radius 2 is 1.88 bits per heavy atom. The third-order valence-electron chi connectivity index (χ3n) is 6.05. The monoisotopic (exact) mass is 450 g/mol. The van der Waals surface area contributed by atoms with Crippen molar-refractivity contribution >= 4 is 28.5 Å². The second-order valence-electron chi connectivity index (χ2n) is 8.03. The SMILES string of the molecule is O=C(CCc1ncc(-c2ccccc2Cl)o1)N1CCC(n2c(=O)[nH]c3ccccc32)CC1. The highest BCUT2D eigenvalue weighted by Crippen LogP contribution is 2.29. The van der Waals surface area contributed by atoms with Crippen LogP contribution in [0.4, 0.5) is 0 Å². The molecule has 164 valence electrons. The summed E-state index contributed by atoms with van der Waals surface area (Å²) >= 11 is 6.22. The fourth-order valence-electron chi connectivity index (χ4n) is 4.39. The summed E-state index contributed by atoms with van der Waals surface area (Å²) < 4.78 is 7.63. The number of likely N-dealkylation sites (tertiary alicyclic amines) is 1. The number of piperidine rings is 1. The number of aromatic nitrogens is 3. The average Bonchev–Trinajstić information content (AvgIpc) is 3.41. The zero-order chi connectivity index (χ0) is 22.1. The molecule has 1 saturated heterocycles. The molecule has 1 N–H and O–H groups in total. The Balaban J connectivity index is 1.18. The van der Waals surface area contributed by atoms with Crippen LogP contribution in [-0.2, 0) is 11.2 Å². The summed E-state index contributed by atoms with van der Waals surface area (Å²) in [7, 11) is 0. The van der Waals surface area contributed by atoms with Crippen molar-refractivity contribution in [1.29, 1.82) is 0 Å². The maximum atomic E-state index is 12.7. The quantitative estimate of drug-likeness (QED) is 0.487. The van der Waals surface area contributed by atoms with Crippen molar-refractivity contribution in [3.05, 3.63) is 76.1 Å². The number of nitrogens with one attached hydrogen (secondary N) is 1. The first-order valence-corrected chi connectivity index (χ1v) is 11.1. The van der Waals surface area contributed by atoms with Crippen LogP contribution in [0.25, 0.3) is 22.4 Å². The molecule has 3 heterocycles. The van der Waals surface area contributed by atoms with Gasteiger partial charge in [-0.25, -0.2) is 9.78 Å². The topological polar surface area (TPSA) is 84.1 Å². The lowest BCUT2D eigenvalue weighted by Gasteiger charge is -2.32. The molecule has 4 aromatic rings. The summed E-state index contributed by atoms with van der Waals surface area (Å²) in [6, 6.07) is 15.2. The van der Waals surface area contributed by atoms with Crippen molar-refractivity contribution in [2.45, 2.75) is 31.7 Å². The number of H-pyrrole nitrogens is 1. The largest absolute Gasteiger partial charge is 0.441 e. The second kappa shape index (κ2) is 8.67. The number of aromatic amines is 1. The van der Waals surface area contributed by atoms with Crippen LogP contribution < -0.4 is 5.69 Å². The molecule has 8 heteroatoms. The van der Waals surface area contributed by atoms with Gasteiger partial charge in [-0.05, 0) is 37.1 Å². The van der Waals surface area contributed by atoms with E-state index in [1.54, 1.807) is 12.3 Å². The van der Waals surface area contributed by atoms with E-state index in [-0.39, 0.29) is 17.6 Å². The maximum absolute atomic E-state index is 12.7. The average molecular weight is 451 g/mol. The lowest BCUT2D eigenvalue weighted by Crippen LogP contribution is -2.40. The molecular weight excluding hydrogens is 428 g/mol. The van der Waals surface area contributed by atoms with Gasteiger partial charge < -0.3 is 14.3 Å². The fraction of sp³-hybridized carbons (Fsp3) is 0.292. The van der Waals surface area contributed by atoms with Gasteiger partial charge in [-0.3, -0.25) is 9.36 Å². The molecule has 0 radical (unpaired) electrons. The van der Waals surface area contributed by atoms with Crippen molar-refractivity contribution in [3.63, 3.8) is 0 Å². The van der Waals surface area contributed by atoms with Gasteiger partial charge in [0, 0.05) is 37.5 Å². The van der Waals surface area contributed by atoms with Crippen molar-refractivity contribution < 1.29 is 9.21 Å². The summed E-state index contributed by atoms with van der Waals surface area (Å²) in [5.41, 5.74) is 2.46. The Kier molecular flexibility index (Phi) is 5.57. The number of hydrogen-bond acceptors (Lipinski definition) is 4. The molecule has 2 aromatic heterocycles. The Bertz CT molecular complexity index is 1310. The molecule has 0 unspecified atom stereocenters. The van der Waals surface area contributed by atoms with Crippen LogP contribution in [0.3, 0.4) is 0 Å². The molecule has 5 rings (SSSR count). The van der Waals surface area contributed by atoms with Crippen LogP contribution in [0.5, 0.6) is 0 Å². The van der Waals surface area contributed by atoms with Gasteiger partial charge in [0.2, 0.25) is 5.91 Å². The predicted octanol–water partition coefficient (Wildman–Crippen LogP) is 4.43. The smallest absolute Gasteiger partial charge is 0.326 e. The number of aryl methyl sites for hydroxylation is 1. The highest BCUT2D eigenvalue weighted by atomic mass is 35.5. The molecule has 1 aliphatic heterocycles. The van der Waals surface area contributed by atoms with Crippen molar-refractivity contribution in [3.8, 4) is 11.3 Å². The van der Waals surface area contributed by atoms with Crippen molar-refractivity contribution in [1.82, 2.24) is 19.4 Å². The molecule has 0 atom stereocenters. The fourth-order valence-corrected chi connectivity index (χ4v) is 4.62. The molecule has 1 amide bonds. The lowest BCUT2D eigenvalue weighted by molar-refractivity contribution is -0.132. The molecule has 0 bridgehead atoms. The summed E-state index contributed by atoms with van der Waals surface area (Å²) in [5.74, 6) is 1.20. The third kappa shape index (κ3) is 3.96. The predicted molar refractivity (Wildman–Crippen MR) is 123 cm³/mol. The Morgan fingerprint density at radius 3 is 2.69 bits per heavy atom. The van der Waals surface area contributed by atoms with E-state index >= 15 is 0 Å². The number of halogens is 1. The van der Waals surface area contributed by atoms with Crippen LogP contribution in [0.15, 0.2) is 63.9 Å². The molecule has 0 spiro atoms. The summed E-state index contributed by atoms with van der Waals surface area (Å²) in [4.78, 5) is 34.3. The van der Waals surface area contributed by atoms with Gasteiger partial charge in [-0.2, -0.15) is 0 Å². The summed E-state index contributed by atoms with van der Waals surface area (Å²) in [5, 5.41) is 0.600. The number of imidazole rings is 1. The van der Waals surface area contributed by atoms with Crippen LogP contribution >= 0.6 is 11.6 Å². The molecule has 2 aromatic carbocycles. The minimum Gasteiger partial charge on any atom is -0.441 e. The summed E-state index contributed by atoms with van der Waals surface area (Å²) in [6.45, 7) is 1.26.